The van der Waals surface area contributed by atoms with E-state index in [1.54, 1.807) is 0 Å². The molecule has 0 saturated carbocycles. The van der Waals surface area contributed by atoms with E-state index < -0.39 is 17.6 Å². The van der Waals surface area contributed by atoms with Crippen LogP contribution in [0.1, 0.15) is 11.1 Å². The fourth-order valence-corrected chi connectivity index (χ4v) is 2.81. The third-order valence-electron chi connectivity index (χ3n) is 4.17. The maximum atomic E-state index is 11.3. The standard InChI is InChI=1S/C19H18O4/c20-11-15-13-22-19(23-14-16(15)12-21,17-7-3-1-4-8-17)18-9-5-2-6-10-18/h1-12,15-16H,13-14H2/t15-,16+. The fourth-order valence-electron chi connectivity index (χ4n) is 2.81. The number of benzene rings is 2. The predicted octanol–water partition coefficient (Wildman–Crippen LogP) is 2.56. The molecule has 1 saturated heterocycles. The molecule has 2 aromatic rings. The second kappa shape index (κ2) is 6.86. The molecule has 0 unspecified atom stereocenters. The van der Waals surface area contributed by atoms with Crippen molar-refractivity contribution in [3.05, 3.63) is 71.8 Å². The molecule has 0 aliphatic carbocycles. The molecule has 3 rings (SSSR count). The molecule has 0 amide bonds. The van der Waals surface area contributed by atoms with Crippen LogP contribution >= 0.6 is 0 Å². The summed E-state index contributed by atoms with van der Waals surface area (Å²) in [6, 6.07) is 19.2. The molecule has 1 aliphatic heterocycles. The normalized spacial score (nSPS) is 23.7. The van der Waals surface area contributed by atoms with Crippen molar-refractivity contribution in [1.29, 1.82) is 0 Å². The minimum absolute atomic E-state index is 0.136. The molecule has 2 atom stereocenters. The highest BCUT2D eigenvalue weighted by Crippen LogP contribution is 2.38. The van der Waals surface area contributed by atoms with Gasteiger partial charge in [-0.05, 0) is 0 Å². The van der Waals surface area contributed by atoms with E-state index in [9.17, 15) is 9.59 Å². The van der Waals surface area contributed by atoms with E-state index in [2.05, 4.69) is 0 Å². The minimum atomic E-state index is -1.11. The number of rotatable bonds is 4. The Morgan fingerprint density at radius 2 is 1.13 bits per heavy atom. The molecule has 0 aromatic heterocycles. The number of carbonyl (C=O) groups is 2. The Kier molecular flexibility index (Phi) is 4.65. The second-order valence-electron chi connectivity index (χ2n) is 5.57. The van der Waals surface area contributed by atoms with E-state index in [0.717, 1.165) is 23.7 Å². The van der Waals surface area contributed by atoms with E-state index >= 15 is 0 Å². The largest absolute Gasteiger partial charge is 0.341 e. The zero-order valence-corrected chi connectivity index (χ0v) is 12.6. The first kappa shape index (κ1) is 15.6. The highest BCUT2D eigenvalue weighted by atomic mass is 16.7. The average molecular weight is 310 g/mol. The van der Waals surface area contributed by atoms with Gasteiger partial charge in [-0.1, -0.05) is 60.7 Å². The van der Waals surface area contributed by atoms with Crippen LogP contribution in [0.25, 0.3) is 0 Å². The first-order chi connectivity index (χ1) is 11.3. The van der Waals surface area contributed by atoms with Crippen LogP contribution < -0.4 is 0 Å². The maximum Gasteiger partial charge on any atom is 0.222 e. The number of aldehydes is 2. The lowest BCUT2D eigenvalue weighted by atomic mass is 9.97. The highest BCUT2D eigenvalue weighted by Gasteiger charge is 2.42. The maximum absolute atomic E-state index is 11.3. The molecule has 4 nitrogen and oxygen atoms in total. The van der Waals surface area contributed by atoms with Crippen LogP contribution in [0.5, 0.6) is 0 Å². The van der Waals surface area contributed by atoms with Crippen molar-refractivity contribution in [2.75, 3.05) is 13.2 Å². The lowest BCUT2D eigenvalue weighted by Crippen LogP contribution is -2.34. The summed E-state index contributed by atoms with van der Waals surface area (Å²) in [6.07, 6.45) is 1.54. The molecule has 0 bridgehead atoms. The number of ether oxygens (including phenoxy) is 2. The first-order valence-corrected chi connectivity index (χ1v) is 7.59. The van der Waals surface area contributed by atoms with E-state index in [4.69, 9.17) is 9.47 Å². The number of hydrogen-bond donors (Lipinski definition) is 0. The molecule has 2 aromatic carbocycles. The Hall–Kier alpha value is -2.30. The van der Waals surface area contributed by atoms with Crippen molar-refractivity contribution < 1.29 is 19.1 Å². The van der Waals surface area contributed by atoms with Crippen LogP contribution in [-0.2, 0) is 24.8 Å². The summed E-state index contributed by atoms with van der Waals surface area (Å²) in [6.45, 7) is 0.271. The Morgan fingerprint density at radius 3 is 1.48 bits per heavy atom. The van der Waals surface area contributed by atoms with Gasteiger partial charge in [-0.3, -0.25) is 0 Å². The minimum Gasteiger partial charge on any atom is -0.341 e. The van der Waals surface area contributed by atoms with Gasteiger partial charge in [0.05, 0.1) is 13.2 Å². The summed E-state index contributed by atoms with van der Waals surface area (Å²) in [4.78, 5) is 22.5. The van der Waals surface area contributed by atoms with Gasteiger partial charge in [0.15, 0.2) is 0 Å². The topological polar surface area (TPSA) is 52.6 Å². The van der Waals surface area contributed by atoms with Gasteiger partial charge in [0, 0.05) is 23.0 Å². The van der Waals surface area contributed by atoms with Crippen molar-refractivity contribution in [1.82, 2.24) is 0 Å². The van der Waals surface area contributed by atoms with Gasteiger partial charge in [-0.2, -0.15) is 0 Å². The molecule has 1 aliphatic rings. The van der Waals surface area contributed by atoms with Gasteiger partial charge in [0.1, 0.15) is 12.6 Å². The molecule has 23 heavy (non-hydrogen) atoms. The smallest absolute Gasteiger partial charge is 0.222 e. The van der Waals surface area contributed by atoms with E-state index in [1.165, 1.54) is 0 Å². The van der Waals surface area contributed by atoms with Gasteiger partial charge >= 0.3 is 0 Å². The molecule has 4 heteroatoms. The molecular weight excluding hydrogens is 292 g/mol. The Balaban J connectivity index is 2.07. The Bertz CT molecular complexity index is 594. The Labute approximate surface area is 135 Å². The molecule has 0 spiro atoms. The quantitative estimate of drug-likeness (QED) is 0.815. The van der Waals surface area contributed by atoms with Gasteiger partial charge in [0.25, 0.3) is 0 Å². The monoisotopic (exact) mass is 310 g/mol. The zero-order valence-electron chi connectivity index (χ0n) is 12.6. The number of carbonyl (C=O) groups excluding carboxylic acids is 2. The highest BCUT2D eigenvalue weighted by molar-refractivity contribution is 5.65. The summed E-state index contributed by atoms with van der Waals surface area (Å²) in [5.74, 6) is -2.11. The summed E-state index contributed by atoms with van der Waals surface area (Å²) in [7, 11) is 0. The SMILES string of the molecule is O=C[C@@H]1COC(c2ccccc2)(c2ccccc2)OC[C@@H]1C=O. The predicted molar refractivity (Wildman–Crippen MR) is 84.7 cm³/mol. The van der Waals surface area contributed by atoms with Crippen LogP contribution in [-0.4, -0.2) is 25.8 Å². The second-order valence-corrected chi connectivity index (χ2v) is 5.57. The zero-order chi connectivity index (χ0) is 16.1. The van der Waals surface area contributed by atoms with Gasteiger partial charge in [-0.15, -0.1) is 0 Å². The van der Waals surface area contributed by atoms with E-state index in [0.29, 0.717) is 0 Å². The third-order valence-corrected chi connectivity index (χ3v) is 4.17. The molecule has 1 fully saturated rings. The summed E-state index contributed by atoms with van der Waals surface area (Å²) < 4.78 is 12.2. The van der Waals surface area contributed by atoms with Crippen LogP contribution in [0.4, 0.5) is 0 Å². The van der Waals surface area contributed by atoms with Crippen LogP contribution in [0.3, 0.4) is 0 Å². The van der Waals surface area contributed by atoms with E-state index in [-0.39, 0.29) is 13.2 Å². The van der Waals surface area contributed by atoms with Crippen LogP contribution in [0, 0.1) is 11.8 Å². The molecular formula is C19H18O4. The molecule has 0 N–H and O–H groups in total. The molecule has 0 radical (unpaired) electrons. The average Bonchev–Trinajstić information content (AvgIpc) is 2.83. The van der Waals surface area contributed by atoms with Crippen LogP contribution in [0.15, 0.2) is 60.7 Å². The van der Waals surface area contributed by atoms with Crippen LogP contribution in [0.2, 0.25) is 0 Å². The first-order valence-electron chi connectivity index (χ1n) is 7.59. The van der Waals surface area contributed by atoms with Crippen molar-refractivity contribution in [3.8, 4) is 0 Å². The van der Waals surface area contributed by atoms with Gasteiger partial charge in [-0.25, -0.2) is 0 Å². The Morgan fingerprint density at radius 1 is 0.739 bits per heavy atom. The number of hydrogen-bond acceptors (Lipinski definition) is 4. The fraction of sp³-hybridized carbons (Fsp3) is 0.263. The lowest BCUT2D eigenvalue weighted by Gasteiger charge is -2.33. The van der Waals surface area contributed by atoms with E-state index in [1.807, 2.05) is 60.7 Å². The van der Waals surface area contributed by atoms with Crippen molar-refractivity contribution in [2.24, 2.45) is 11.8 Å². The lowest BCUT2D eigenvalue weighted by molar-refractivity contribution is -0.207. The third kappa shape index (κ3) is 2.96. The molecule has 1 heterocycles. The van der Waals surface area contributed by atoms with Gasteiger partial charge in [0.2, 0.25) is 5.79 Å². The summed E-state index contributed by atoms with van der Waals surface area (Å²) in [5, 5.41) is 0. The van der Waals surface area contributed by atoms with Crippen molar-refractivity contribution in [3.63, 3.8) is 0 Å². The van der Waals surface area contributed by atoms with Crippen molar-refractivity contribution >= 4 is 12.6 Å². The summed E-state index contributed by atoms with van der Waals surface area (Å²) in [5.41, 5.74) is 1.67. The van der Waals surface area contributed by atoms with Crippen molar-refractivity contribution in [2.45, 2.75) is 5.79 Å². The molecule has 118 valence electrons. The van der Waals surface area contributed by atoms with Gasteiger partial charge < -0.3 is 19.1 Å². The summed E-state index contributed by atoms with van der Waals surface area (Å²) >= 11 is 0.